The van der Waals surface area contributed by atoms with Crippen LogP contribution in [0.1, 0.15) is 24.6 Å². The molecule has 3 rings (SSSR count). The van der Waals surface area contributed by atoms with Crippen molar-refractivity contribution in [2.24, 2.45) is 0 Å². The zero-order valence-electron chi connectivity index (χ0n) is 15.4. The van der Waals surface area contributed by atoms with E-state index in [4.69, 9.17) is 11.1 Å². The number of fused-ring (bicyclic) bond motifs is 1. The fourth-order valence-corrected chi connectivity index (χ4v) is 2.71. The van der Waals surface area contributed by atoms with Crippen molar-refractivity contribution in [3.05, 3.63) is 65.9 Å². The van der Waals surface area contributed by atoms with Crippen molar-refractivity contribution in [1.29, 1.82) is 5.41 Å². The van der Waals surface area contributed by atoms with Crippen LogP contribution in [0.5, 0.6) is 0 Å². The van der Waals surface area contributed by atoms with Crippen LogP contribution in [0.25, 0.3) is 5.65 Å². The largest absolute Gasteiger partial charge is 0.396 e. The van der Waals surface area contributed by atoms with Crippen LogP contribution in [0.4, 0.5) is 11.5 Å². The van der Waals surface area contributed by atoms with E-state index in [9.17, 15) is 0 Å². The van der Waals surface area contributed by atoms with Crippen LogP contribution < -0.4 is 16.4 Å². The van der Waals surface area contributed by atoms with Crippen molar-refractivity contribution < 1.29 is 0 Å². The van der Waals surface area contributed by atoms with Gasteiger partial charge in [-0.2, -0.15) is 0 Å². The lowest BCUT2D eigenvalue weighted by Crippen LogP contribution is -2.10. The third kappa shape index (κ3) is 4.84. The molecule has 0 unspecified atom stereocenters. The number of anilines is 2. The van der Waals surface area contributed by atoms with Crippen molar-refractivity contribution in [2.45, 2.75) is 26.3 Å². The van der Waals surface area contributed by atoms with Gasteiger partial charge in [0, 0.05) is 56.2 Å². The Bertz CT molecular complexity index is 942. The lowest BCUT2D eigenvalue weighted by molar-refractivity contribution is 0.804. The number of nitrogen functional groups attached to an aromatic ring is 1. The molecule has 7 nitrogen and oxygen atoms in total. The van der Waals surface area contributed by atoms with E-state index >= 15 is 0 Å². The molecule has 0 fully saturated rings. The number of pyridine rings is 2. The lowest BCUT2D eigenvalue weighted by Gasteiger charge is -2.11. The number of allylic oxidation sites excluding steroid dienone is 1. The van der Waals surface area contributed by atoms with Crippen LogP contribution in [-0.4, -0.2) is 27.1 Å². The van der Waals surface area contributed by atoms with Crippen LogP contribution in [0.2, 0.25) is 0 Å². The Morgan fingerprint density at radius 1 is 1.30 bits per heavy atom. The van der Waals surface area contributed by atoms with E-state index in [1.165, 1.54) is 6.21 Å². The van der Waals surface area contributed by atoms with Gasteiger partial charge in [-0.25, -0.2) is 9.97 Å². The first-order valence-corrected chi connectivity index (χ1v) is 9.03. The molecule has 7 heteroatoms. The Kier molecular flexibility index (Phi) is 6.04. The van der Waals surface area contributed by atoms with E-state index in [1.54, 1.807) is 6.20 Å². The summed E-state index contributed by atoms with van der Waals surface area (Å²) in [5.74, 6) is 0.657. The number of aromatic nitrogens is 3. The Morgan fingerprint density at radius 3 is 3.00 bits per heavy atom. The first-order valence-electron chi connectivity index (χ1n) is 9.03. The van der Waals surface area contributed by atoms with E-state index in [-0.39, 0.29) is 0 Å². The summed E-state index contributed by atoms with van der Waals surface area (Å²) in [5, 5.41) is 14.1. The summed E-state index contributed by atoms with van der Waals surface area (Å²) >= 11 is 0. The molecule has 0 saturated heterocycles. The summed E-state index contributed by atoms with van der Waals surface area (Å²) in [7, 11) is 0. The normalized spacial score (nSPS) is 11.5. The van der Waals surface area contributed by atoms with Crippen molar-refractivity contribution in [3.63, 3.8) is 0 Å². The number of nitrogens with zero attached hydrogens (tertiary/aromatic N) is 3. The molecule has 0 atom stereocenters. The number of nitrogens with one attached hydrogen (secondary N) is 3. The molecule has 0 aliphatic heterocycles. The second-order valence-corrected chi connectivity index (χ2v) is 6.32. The van der Waals surface area contributed by atoms with Crippen molar-refractivity contribution in [1.82, 2.24) is 19.7 Å². The van der Waals surface area contributed by atoms with Gasteiger partial charge in [0.2, 0.25) is 0 Å². The van der Waals surface area contributed by atoms with E-state index < -0.39 is 0 Å². The summed E-state index contributed by atoms with van der Waals surface area (Å²) in [6.07, 6.45) is 10.6. The van der Waals surface area contributed by atoms with Crippen LogP contribution >= 0.6 is 0 Å². The number of hydrogen-bond donors (Lipinski definition) is 4. The molecule has 0 aromatic carbocycles. The van der Waals surface area contributed by atoms with E-state index in [0.29, 0.717) is 24.5 Å². The molecule has 0 saturated carbocycles. The fraction of sp³-hybridized carbons (Fsp3) is 0.250. The number of nitrogens with two attached hydrogens (primary N) is 1. The van der Waals surface area contributed by atoms with Gasteiger partial charge >= 0.3 is 0 Å². The van der Waals surface area contributed by atoms with Gasteiger partial charge < -0.3 is 26.2 Å². The molecule has 0 aliphatic rings. The minimum atomic E-state index is 0.580. The molecular formula is C20H25N7. The highest BCUT2D eigenvalue weighted by Crippen LogP contribution is 2.18. The average molecular weight is 363 g/mol. The van der Waals surface area contributed by atoms with Crippen molar-refractivity contribution >= 4 is 23.4 Å². The number of imidazole rings is 1. The van der Waals surface area contributed by atoms with Gasteiger partial charge in [-0.15, -0.1) is 0 Å². The maximum Gasteiger partial charge on any atom is 0.149 e. The van der Waals surface area contributed by atoms with Gasteiger partial charge in [0.1, 0.15) is 11.5 Å². The molecule has 0 spiro atoms. The van der Waals surface area contributed by atoms with E-state index in [0.717, 1.165) is 35.4 Å². The molecule has 3 aromatic heterocycles. The maximum atomic E-state index is 7.58. The monoisotopic (exact) mass is 363 g/mol. The third-order valence-electron chi connectivity index (χ3n) is 4.15. The Morgan fingerprint density at radius 2 is 2.19 bits per heavy atom. The number of hydrogen-bond acceptors (Lipinski definition) is 6. The second-order valence-electron chi connectivity index (χ2n) is 6.32. The standard InChI is InChI=1S/C20H25N7/c1-2-7-23-12-16(11-21)10-17-4-5-18(22)20(26-17)25-13-15-3-6-19-24-8-9-27(19)14-15/h3-6,8-9,11-12,14,21,23H,2,7,10,13,22H2,1H3,(H,25,26)/b16-12-,21-11?. The Balaban J connectivity index is 1.69. The predicted octanol–water partition coefficient (Wildman–Crippen LogP) is 3.00. The highest BCUT2D eigenvalue weighted by molar-refractivity contribution is 5.76. The molecule has 0 bridgehead atoms. The van der Waals surface area contributed by atoms with Gasteiger partial charge in [0.15, 0.2) is 0 Å². The van der Waals surface area contributed by atoms with Gasteiger partial charge in [-0.3, -0.25) is 0 Å². The van der Waals surface area contributed by atoms with Crippen molar-refractivity contribution in [3.8, 4) is 0 Å². The van der Waals surface area contributed by atoms with Crippen LogP contribution in [0.3, 0.4) is 0 Å². The summed E-state index contributed by atoms with van der Waals surface area (Å²) in [6, 6.07) is 7.76. The molecule has 0 aliphatic carbocycles. The van der Waals surface area contributed by atoms with Crippen LogP contribution in [0.15, 0.2) is 54.6 Å². The van der Waals surface area contributed by atoms with Crippen LogP contribution in [-0.2, 0) is 13.0 Å². The lowest BCUT2D eigenvalue weighted by atomic mass is 10.1. The minimum absolute atomic E-state index is 0.580. The summed E-state index contributed by atoms with van der Waals surface area (Å²) in [5.41, 5.74) is 10.4. The molecular weight excluding hydrogens is 338 g/mol. The fourth-order valence-electron chi connectivity index (χ4n) is 2.71. The molecule has 140 valence electrons. The Labute approximate surface area is 158 Å². The molecule has 27 heavy (non-hydrogen) atoms. The van der Waals surface area contributed by atoms with Crippen molar-refractivity contribution in [2.75, 3.05) is 17.6 Å². The smallest absolute Gasteiger partial charge is 0.149 e. The second kappa shape index (κ2) is 8.84. The van der Waals surface area contributed by atoms with Crippen LogP contribution in [0, 0.1) is 5.41 Å². The minimum Gasteiger partial charge on any atom is -0.396 e. The maximum absolute atomic E-state index is 7.58. The van der Waals surface area contributed by atoms with E-state index in [2.05, 4.69) is 27.5 Å². The van der Waals surface area contributed by atoms with E-state index in [1.807, 2.05) is 47.3 Å². The molecule has 3 heterocycles. The topological polar surface area (TPSA) is 104 Å². The van der Waals surface area contributed by atoms with Gasteiger partial charge in [-0.1, -0.05) is 13.0 Å². The highest BCUT2D eigenvalue weighted by Gasteiger charge is 2.06. The molecule has 0 amide bonds. The molecule has 3 aromatic rings. The summed E-state index contributed by atoms with van der Waals surface area (Å²) in [4.78, 5) is 8.88. The van der Waals surface area contributed by atoms with Gasteiger partial charge in [-0.05, 0) is 35.8 Å². The highest BCUT2D eigenvalue weighted by atomic mass is 15.0. The Hall–Kier alpha value is -3.35. The zero-order valence-corrected chi connectivity index (χ0v) is 15.4. The predicted molar refractivity (Wildman–Crippen MR) is 110 cm³/mol. The first-order chi connectivity index (χ1) is 13.2. The number of rotatable bonds is 9. The quantitative estimate of drug-likeness (QED) is 0.346. The zero-order chi connectivity index (χ0) is 19.1. The summed E-state index contributed by atoms with van der Waals surface area (Å²) in [6.45, 7) is 3.61. The third-order valence-corrected chi connectivity index (χ3v) is 4.15. The van der Waals surface area contributed by atoms with Gasteiger partial charge in [0.25, 0.3) is 0 Å². The summed E-state index contributed by atoms with van der Waals surface area (Å²) < 4.78 is 1.98. The van der Waals surface area contributed by atoms with Gasteiger partial charge in [0.05, 0.1) is 5.69 Å². The average Bonchev–Trinajstić information content (AvgIpc) is 3.15. The molecule has 5 N–H and O–H groups in total. The molecule has 0 radical (unpaired) electrons. The SMILES string of the molecule is CCCN/C=C(\C=N)Cc1ccc(N)c(NCc2ccc3nccn3c2)n1. The first kappa shape index (κ1) is 18.4.